The van der Waals surface area contributed by atoms with E-state index in [1.807, 2.05) is 25.1 Å². The highest BCUT2D eigenvalue weighted by atomic mass is 32.2. The number of hydrogen-bond donors (Lipinski definition) is 0. The molecule has 0 saturated carbocycles. The first-order valence-electron chi connectivity index (χ1n) is 10.9. The highest BCUT2D eigenvalue weighted by molar-refractivity contribution is 7.98. The predicted octanol–water partition coefficient (Wildman–Crippen LogP) is 5.62. The first kappa shape index (κ1) is 21.2. The summed E-state index contributed by atoms with van der Waals surface area (Å²) in [6.45, 7) is 6.22. The Bertz CT molecular complexity index is 1460. The van der Waals surface area contributed by atoms with Crippen LogP contribution >= 0.6 is 23.1 Å². The SMILES string of the molecule is C=CCn1c(SCc2cc(=O)oc3cc(C)ccc23)nc2sc3c(c2c1=O)CCCCC3. The van der Waals surface area contributed by atoms with E-state index in [0.29, 0.717) is 23.0 Å². The van der Waals surface area contributed by atoms with E-state index < -0.39 is 0 Å². The molecule has 32 heavy (non-hydrogen) atoms. The van der Waals surface area contributed by atoms with Crippen molar-refractivity contribution in [2.75, 3.05) is 0 Å². The molecule has 0 fully saturated rings. The molecule has 4 aromatic rings. The third-order valence-corrected chi connectivity index (χ3v) is 8.15. The average Bonchev–Trinajstić information content (AvgIpc) is 2.95. The van der Waals surface area contributed by atoms with Crippen molar-refractivity contribution in [2.45, 2.75) is 56.5 Å². The molecular weight excluding hydrogens is 440 g/mol. The minimum Gasteiger partial charge on any atom is -0.423 e. The van der Waals surface area contributed by atoms with Crippen LogP contribution in [-0.2, 0) is 25.1 Å². The molecule has 1 aliphatic carbocycles. The van der Waals surface area contributed by atoms with Crippen LogP contribution in [0.1, 0.15) is 40.8 Å². The van der Waals surface area contributed by atoms with Gasteiger partial charge in [-0.25, -0.2) is 9.78 Å². The molecule has 1 aliphatic rings. The first-order valence-corrected chi connectivity index (χ1v) is 12.7. The van der Waals surface area contributed by atoms with Gasteiger partial charge in [-0.3, -0.25) is 9.36 Å². The van der Waals surface area contributed by atoms with Crippen LogP contribution in [0.5, 0.6) is 0 Å². The molecule has 5 nitrogen and oxygen atoms in total. The number of thiophene rings is 1. The summed E-state index contributed by atoms with van der Waals surface area (Å²) in [5.41, 5.74) is 3.35. The zero-order chi connectivity index (χ0) is 22.2. The second kappa shape index (κ2) is 8.71. The van der Waals surface area contributed by atoms with E-state index >= 15 is 0 Å². The van der Waals surface area contributed by atoms with Gasteiger partial charge in [-0.05, 0) is 55.4 Å². The quantitative estimate of drug-likeness (QED) is 0.126. The summed E-state index contributed by atoms with van der Waals surface area (Å²) in [6.07, 6.45) is 7.23. The van der Waals surface area contributed by atoms with Crippen LogP contribution < -0.4 is 11.2 Å². The number of allylic oxidation sites excluding steroid dienone is 1. The fourth-order valence-electron chi connectivity index (χ4n) is 4.40. The van der Waals surface area contributed by atoms with Crippen LogP contribution in [0.4, 0.5) is 0 Å². The molecule has 7 heteroatoms. The molecule has 0 unspecified atom stereocenters. The fraction of sp³-hybridized carbons (Fsp3) is 0.320. The molecular formula is C25H24N2O3S2. The molecule has 164 valence electrons. The summed E-state index contributed by atoms with van der Waals surface area (Å²) >= 11 is 3.14. The number of fused-ring (bicyclic) bond motifs is 4. The van der Waals surface area contributed by atoms with Crippen molar-refractivity contribution >= 4 is 44.3 Å². The molecule has 0 bridgehead atoms. The van der Waals surface area contributed by atoms with Crippen molar-refractivity contribution < 1.29 is 4.42 Å². The molecule has 0 spiro atoms. The zero-order valence-corrected chi connectivity index (χ0v) is 19.6. The maximum absolute atomic E-state index is 13.5. The summed E-state index contributed by atoms with van der Waals surface area (Å²) in [4.78, 5) is 32.7. The minimum atomic E-state index is -0.368. The maximum atomic E-state index is 13.5. The molecule has 3 heterocycles. The van der Waals surface area contributed by atoms with Crippen molar-refractivity contribution in [3.05, 3.63) is 79.3 Å². The Morgan fingerprint density at radius 2 is 2.06 bits per heavy atom. The number of thioether (sulfide) groups is 1. The number of aryl methyl sites for hydroxylation is 3. The Morgan fingerprint density at radius 1 is 1.22 bits per heavy atom. The smallest absolute Gasteiger partial charge is 0.336 e. The highest BCUT2D eigenvalue weighted by Gasteiger charge is 2.21. The summed E-state index contributed by atoms with van der Waals surface area (Å²) in [5, 5.41) is 2.36. The normalized spacial score (nSPS) is 13.9. The lowest BCUT2D eigenvalue weighted by molar-refractivity contribution is 0.559. The summed E-state index contributed by atoms with van der Waals surface area (Å²) in [7, 11) is 0. The Hall–Kier alpha value is -2.64. The number of rotatable bonds is 5. The standard InChI is InChI=1S/C25H24N2O3S2/c1-3-11-27-24(29)22-18-7-5-4-6-8-20(18)32-23(22)26-25(27)31-14-16-13-21(28)30-19-12-15(2)9-10-17(16)19/h3,9-10,12-13H,1,4-8,11,14H2,2H3. The summed E-state index contributed by atoms with van der Waals surface area (Å²) in [5.74, 6) is 0.519. The Morgan fingerprint density at radius 3 is 2.91 bits per heavy atom. The van der Waals surface area contributed by atoms with Gasteiger partial charge in [0.25, 0.3) is 5.56 Å². The maximum Gasteiger partial charge on any atom is 0.336 e. The monoisotopic (exact) mass is 464 g/mol. The zero-order valence-electron chi connectivity index (χ0n) is 18.0. The largest absolute Gasteiger partial charge is 0.423 e. The molecule has 0 aliphatic heterocycles. The van der Waals surface area contributed by atoms with E-state index in [2.05, 4.69) is 6.58 Å². The van der Waals surface area contributed by atoms with E-state index in [1.165, 1.54) is 41.1 Å². The van der Waals surface area contributed by atoms with Crippen molar-refractivity contribution in [2.24, 2.45) is 0 Å². The molecule has 0 N–H and O–H groups in total. The van der Waals surface area contributed by atoms with Crippen LogP contribution in [0, 0.1) is 6.92 Å². The van der Waals surface area contributed by atoms with Crippen molar-refractivity contribution in [1.82, 2.24) is 9.55 Å². The molecule has 0 radical (unpaired) electrons. The molecule has 5 rings (SSSR count). The van der Waals surface area contributed by atoms with E-state index in [9.17, 15) is 9.59 Å². The van der Waals surface area contributed by atoms with Crippen LogP contribution in [0.2, 0.25) is 0 Å². The third-order valence-electron chi connectivity index (χ3n) is 5.94. The molecule has 1 aromatic carbocycles. The molecule has 0 saturated heterocycles. The topological polar surface area (TPSA) is 65.1 Å². The van der Waals surface area contributed by atoms with Crippen LogP contribution in [-0.4, -0.2) is 9.55 Å². The minimum absolute atomic E-state index is 0.0184. The van der Waals surface area contributed by atoms with Gasteiger partial charge in [-0.1, -0.05) is 36.4 Å². The average molecular weight is 465 g/mol. The van der Waals surface area contributed by atoms with Gasteiger partial charge in [0.15, 0.2) is 5.16 Å². The van der Waals surface area contributed by atoms with Gasteiger partial charge < -0.3 is 4.42 Å². The second-order valence-corrected chi connectivity index (χ2v) is 10.2. The lowest BCUT2D eigenvalue weighted by Crippen LogP contribution is -2.23. The molecule has 0 atom stereocenters. The first-order chi connectivity index (χ1) is 15.5. The number of aromatic nitrogens is 2. The second-order valence-electron chi connectivity index (χ2n) is 8.22. The Labute approximate surface area is 193 Å². The van der Waals surface area contributed by atoms with E-state index in [4.69, 9.17) is 9.40 Å². The van der Waals surface area contributed by atoms with Crippen LogP contribution in [0.25, 0.3) is 21.2 Å². The lowest BCUT2D eigenvalue weighted by atomic mass is 10.1. The van der Waals surface area contributed by atoms with Crippen molar-refractivity contribution in [1.29, 1.82) is 0 Å². The summed E-state index contributed by atoms with van der Waals surface area (Å²) in [6, 6.07) is 7.40. The van der Waals surface area contributed by atoms with Gasteiger partial charge in [0.1, 0.15) is 10.4 Å². The van der Waals surface area contributed by atoms with Crippen LogP contribution in [0.3, 0.4) is 0 Å². The molecule has 0 amide bonds. The van der Waals surface area contributed by atoms with E-state index in [0.717, 1.165) is 46.0 Å². The van der Waals surface area contributed by atoms with Gasteiger partial charge in [-0.2, -0.15) is 0 Å². The highest BCUT2D eigenvalue weighted by Crippen LogP contribution is 2.35. The van der Waals surface area contributed by atoms with E-state index in [-0.39, 0.29) is 11.2 Å². The number of hydrogen-bond acceptors (Lipinski definition) is 6. The lowest BCUT2D eigenvalue weighted by Gasteiger charge is -2.11. The van der Waals surface area contributed by atoms with Crippen molar-refractivity contribution in [3.8, 4) is 0 Å². The van der Waals surface area contributed by atoms with Gasteiger partial charge >= 0.3 is 5.63 Å². The number of nitrogens with zero attached hydrogens (tertiary/aromatic N) is 2. The van der Waals surface area contributed by atoms with Gasteiger partial charge in [-0.15, -0.1) is 17.9 Å². The predicted molar refractivity (Wildman–Crippen MR) is 132 cm³/mol. The summed E-state index contributed by atoms with van der Waals surface area (Å²) < 4.78 is 7.10. The van der Waals surface area contributed by atoms with Gasteiger partial charge in [0.2, 0.25) is 0 Å². The fourth-order valence-corrected chi connectivity index (χ4v) is 6.70. The Balaban J connectivity index is 1.58. The Kier molecular flexibility index (Phi) is 5.78. The molecule has 3 aromatic heterocycles. The van der Waals surface area contributed by atoms with Crippen LogP contribution in [0.15, 0.2) is 56.1 Å². The third kappa shape index (κ3) is 3.84. The van der Waals surface area contributed by atoms with Gasteiger partial charge in [0.05, 0.1) is 5.39 Å². The van der Waals surface area contributed by atoms with E-state index in [1.54, 1.807) is 22.0 Å². The van der Waals surface area contributed by atoms with Crippen molar-refractivity contribution in [3.63, 3.8) is 0 Å². The number of benzene rings is 1. The van der Waals surface area contributed by atoms with Gasteiger partial charge in [0, 0.05) is 28.6 Å².